The van der Waals surface area contributed by atoms with Gasteiger partial charge in [0, 0.05) is 32.3 Å². The average Bonchev–Trinajstić information content (AvgIpc) is 2.86. The fourth-order valence-corrected chi connectivity index (χ4v) is 3.50. The molecular weight excluding hydrogens is 311 g/mol. The third-order valence-corrected chi connectivity index (χ3v) is 4.71. The highest BCUT2D eigenvalue weighted by molar-refractivity contribution is 5.10. The van der Waals surface area contributed by atoms with Crippen molar-refractivity contribution in [2.24, 2.45) is 11.3 Å². The smallest absolute Gasteiger partial charge is 0.396 e. The highest BCUT2D eigenvalue weighted by Crippen LogP contribution is 2.31. The van der Waals surface area contributed by atoms with Gasteiger partial charge in [0.1, 0.15) is 5.82 Å². The molecule has 0 bridgehead atoms. The summed E-state index contributed by atoms with van der Waals surface area (Å²) in [5, 5.41) is 9.47. The van der Waals surface area contributed by atoms with Gasteiger partial charge >= 0.3 is 6.18 Å². The number of nitrogens with zero attached hydrogens (tertiary/aromatic N) is 3. The van der Waals surface area contributed by atoms with Crippen LogP contribution in [0.2, 0.25) is 0 Å². The number of aromatic nitrogens is 2. The van der Waals surface area contributed by atoms with E-state index in [2.05, 4.69) is 9.88 Å². The first-order chi connectivity index (χ1) is 10.8. The first kappa shape index (κ1) is 16.7. The van der Waals surface area contributed by atoms with Gasteiger partial charge in [-0.3, -0.25) is 0 Å². The molecule has 0 saturated carbocycles. The maximum atomic E-state index is 12.7. The Balaban J connectivity index is 1.58. The second-order valence-corrected chi connectivity index (χ2v) is 6.94. The molecule has 0 radical (unpaired) electrons. The Labute approximate surface area is 133 Å². The maximum Gasteiger partial charge on any atom is 0.434 e. The molecule has 0 spiro atoms. The summed E-state index contributed by atoms with van der Waals surface area (Å²) >= 11 is 0. The third kappa shape index (κ3) is 3.54. The predicted molar refractivity (Wildman–Crippen MR) is 76.9 cm³/mol. The van der Waals surface area contributed by atoms with Crippen molar-refractivity contribution < 1.29 is 23.0 Å². The molecule has 0 aliphatic carbocycles. The van der Waals surface area contributed by atoms with Crippen LogP contribution in [-0.2, 0) is 23.9 Å². The first-order valence-electron chi connectivity index (χ1n) is 7.82. The molecule has 3 rings (SSSR count). The summed E-state index contributed by atoms with van der Waals surface area (Å²) in [6.45, 7) is 3.33. The van der Waals surface area contributed by atoms with Crippen molar-refractivity contribution in [3.05, 3.63) is 17.7 Å². The number of aliphatic hydroxyl groups is 1. The molecule has 1 aromatic rings. The first-order valence-corrected chi connectivity index (χ1v) is 7.82. The molecule has 1 unspecified atom stereocenters. The van der Waals surface area contributed by atoms with E-state index in [1.54, 1.807) is 4.57 Å². The SMILES string of the molecule is CN(CC1CCc2nc(C(F)(F)F)cn2C1)CC1(CO)COC1. The summed E-state index contributed by atoms with van der Waals surface area (Å²) in [4.78, 5) is 5.85. The van der Waals surface area contributed by atoms with E-state index in [-0.39, 0.29) is 12.0 Å². The molecule has 0 aromatic carbocycles. The molecule has 1 atom stereocenters. The monoisotopic (exact) mass is 333 g/mol. The van der Waals surface area contributed by atoms with Crippen molar-refractivity contribution in [3.8, 4) is 0 Å². The molecule has 130 valence electrons. The molecule has 3 heterocycles. The number of imidazole rings is 1. The van der Waals surface area contributed by atoms with E-state index in [1.807, 2.05) is 7.05 Å². The van der Waals surface area contributed by atoms with E-state index in [4.69, 9.17) is 4.74 Å². The molecule has 23 heavy (non-hydrogen) atoms. The summed E-state index contributed by atoms with van der Waals surface area (Å²) in [5.74, 6) is 0.815. The van der Waals surface area contributed by atoms with Crippen molar-refractivity contribution in [2.75, 3.05) is 40.0 Å². The van der Waals surface area contributed by atoms with Crippen LogP contribution in [0.1, 0.15) is 17.9 Å². The van der Waals surface area contributed by atoms with Crippen LogP contribution < -0.4 is 0 Å². The largest absolute Gasteiger partial charge is 0.434 e. The number of halogens is 3. The van der Waals surface area contributed by atoms with Gasteiger partial charge in [-0.2, -0.15) is 13.2 Å². The lowest BCUT2D eigenvalue weighted by Crippen LogP contribution is -2.53. The van der Waals surface area contributed by atoms with Gasteiger partial charge in [0.05, 0.1) is 25.2 Å². The van der Waals surface area contributed by atoms with Crippen LogP contribution in [0.25, 0.3) is 0 Å². The van der Waals surface area contributed by atoms with E-state index < -0.39 is 11.9 Å². The van der Waals surface area contributed by atoms with Crippen LogP contribution in [0, 0.1) is 11.3 Å². The van der Waals surface area contributed by atoms with Crippen LogP contribution in [0.15, 0.2) is 6.20 Å². The van der Waals surface area contributed by atoms with Crippen molar-refractivity contribution in [3.63, 3.8) is 0 Å². The van der Waals surface area contributed by atoms with Gasteiger partial charge in [-0.15, -0.1) is 0 Å². The number of hydrogen-bond donors (Lipinski definition) is 1. The minimum atomic E-state index is -4.38. The van der Waals surface area contributed by atoms with E-state index in [0.717, 1.165) is 25.7 Å². The number of rotatable bonds is 5. The topological polar surface area (TPSA) is 50.5 Å². The molecule has 1 saturated heterocycles. The Kier molecular flexibility index (Phi) is 4.41. The van der Waals surface area contributed by atoms with E-state index in [0.29, 0.717) is 37.9 Å². The second-order valence-electron chi connectivity index (χ2n) is 6.94. The molecule has 2 aliphatic rings. The Hall–Kier alpha value is -1.12. The van der Waals surface area contributed by atoms with Gasteiger partial charge in [-0.25, -0.2) is 4.98 Å². The lowest BCUT2D eigenvalue weighted by molar-refractivity contribution is -0.147. The lowest BCUT2D eigenvalue weighted by atomic mass is 9.86. The summed E-state index contributed by atoms with van der Waals surface area (Å²) in [5.41, 5.74) is -0.972. The fourth-order valence-electron chi connectivity index (χ4n) is 3.50. The zero-order chi connectivity index (χ0) is 16.7. The van der Waals surface area contributed by atoms with Gasteiger partial charge in [0.15, 0.2) is 5.69 Å². The van der Waals surface area contributed by atoms with E-state index in [1.165, 1.54) is 0 Å². The zero-order valence-electron chi connectivity index (χ0n) is 13.1. The summed E-state index contributed by atoms with van der Waals surface area (Å²) in [6.07, 6.45) is -1.85. The van der Waals surface area contributed by atoms with Crippen molar-refractivity contribution in [1.29, 1.82) is 0 Å². The third-order valence-electron chi connectivity index (χ3n) is 4.71. The Morgan fingerprint density at radius 3 is 2.78 bits per heavy atom. The predicted octanol–water partition coefficient (Wildman–Crippen LogP) is 1.41. The number of fused-ring (bicyclic) bond motifs is 1. The van der Waals surface area contributed by atoms with Crippen molar-refractivity contribution in [2.45, 2.75) is 25.6 Å². The minimum absolute atomic E-state index is 0.0998. The standard InChI is InChI=1S/C15H22F3N3O2/c1-20(7-14(8-22)9-23-10-14)4-11-2-3-13-19-12(15(16,17)18)6-21(13)5-11/h6,11,22H,2-5,7-10H2,1H3. The van der Waals surface area contributed by atoms with Crippen LogP contribution in [-0.4, -0.2) is 59.5 Å². The average molecular weight is 333 g/mol. The van der Waals surface area contributed by atoms with Crippen LogP contribution in [0.4, 0.5) is 13.2 Å². The van der Waals surface area contributed by atoms with Crippen LogP contribution in [0.3, 0.4) is 0 Å². The fraction of sp³-hybridized carbons (Fsp3) is 0.800. The van der Waals surface area contributed by atoms with Crippen LogP contribution in [0.5, 0.6) is 0 Å². The normalized spacial score (nSPS) is 23.7. The van der Waals surface area contributed by atoms with Gasteiger partial charge in [0.2, 0.25) is 0 Å². The highest BCUT2D eigenvalue weighted by atomic mass is 19.4. The van der Waals surface area contributed by atoms with Gasteiger partial charge < -0.3 is 19.3 Å². The molecule has 2 aliphatic heterocycles. The van der Waals surface area contributed by atoms with Crippen molar-refractivity contribution >= 4 is 0 Å². The molecule has 1 fully saturated rings. The number of alkyl halides is 3. The summed E-state index contributed by atoms with van der Waals surface area (Å²) in [7, 11) is 1.99. The van der Waals surface area contributed by atoms with Crippen LogP contribution >= 0.6 is 0 Å². The lowest BCUT2D eigenvalue weighted by Gasteiger charge is -2.43. The number of hydrogen-bond acceptors (Lipinski definition) is 4. The molecule has 0 amide bonds. The molecule has 1 aromatic heterocycles. The molecular formula is C15H22F3N3O2. The minimum Gasteiger partial charge on any atom is -0.396 e. The maximum absolute atomic E-state index is 12.7. The number of aliphatic hydroxyl groups excluding tert-OH is 1. The molecule has 1 N–H and O–H groups in total. The summed E-state index contributed by atoms with van der Waals surface area (Å²) < 4.78 is 45.0. The van der Waals surface area contributed by atoms with Gasteiger partial charge in [-0.1, -0.05) is 0 Å². The van der Waals surface area contributed by atoms with Gasteiger partial charge in [0.25, 0.3) is 0 Å². The summed E-state index contributed by atoms with van der Waals surface area (Å²) in [6, 6.07) is 0. The Morgan fingerprint density at radius 2 is 2.22 bits per heavy atom. The van der Waals surface area contributed by atoms with E-state index in [9.17, 15) is 18.3 Å². The quantitative estimate of drug-likeness (QED) is 0.885. The zero-order valence-corrected chi connectivity index (χ0v) is 13.1. The number of ether oxygens (including phenoxy) is 1. The highest BCUT2D eigenvalue weighted by Gasteiger charge is 2.39. The Morgan fingerprint density at radius 1 is 1.48 bits per heavy atom. The Bertz CT molecular complexity index is 549. The molecule has 5 nitrogen and oxygen atoms in total. The second kappa shape index (κ2) is 6.07. The number of aryl methyl sites for hydroxylation is 1. The van der Waals surface area contributed by atoms with Gasteiger partial charge in [-0.05, 0) is 19.4 Å². The van der Waals surface area contributed by atoms with Crippen molar-refractivity contribution in [1.82, 2.24) is 14.5 Å². The van der Waals surface area contributed by atoms with E-state index >= 15 is 0 Å². The molecule has 8 heteroatoms.